The summed E-state index contributed by atoms with van der Waals surface area (Å²) in [6.45, 7) is -0.408. The Morgan fingerprint density at radius 2 is 1.82 bits per heavy atom. The molecule has 4 atom stereocenters. The molecule has 1 unspecified atom stereocenters. The lowest BCUT2D eigenvalue weighted by Gasteiger charge is -2.34. The summed E-state index contributed by atoms with van der Waals surface area (Å²) in [6.07, 6.45) is -4.27. The van der Waals surface area contributed by atoms with E-state index in [0.717, 1.165) is 0 Å². The molecule has 1 rings (SSSR count). The summed E-state index contributed by atoms with van der Waals surface area (Å²) in [6, 6.07) is 0. The Labute approximate surface area is 63.8 Å². The minimum absolute atomic E-state index is 0.0521. The highest BCUT2D eigenvalue weighted by Gasteiger charge is 2.36. The van der Waals surface area contributed by atoms with Crippen LogP contribution in [0.15, 0.2) is 0 Å². The van der Waals surface area contributed by atoms with E-state index in [2.05, 4.69) is 0 Å². The highest BCUT2D eigenvalue weighted by atomic mass is 16.5. The molecule has 66 valence electrons. The van der Waals surface area contributed by atoms with Crippen molar-refractivity contribution in [2.75, 3.05) is 13.2 Å². The highest BCUT2D eigenvalue weighted by molar-refractivity contribution is 4.85. The molecule has 0 aromatic carbocycles. The van der Waals surface area contributed by atoms with E-state index in [1.54, 1.807) is 0 Å². The van der Waals surface area contributed by atoms with E-state index in [1.807, 2.05) is 0 Å². The van der Waals surface area contributed by atoms with Crippen molar-refractivity contribution in [2.24, 2.45) is 0 Å². The van der Waals surface area contributed by atoms with Gasteiger partial charge in [-0.15, -0.1) is 0 Å². The van der Waals surface area contributed by atoms with Gasteiger partial charge in [-0.05, 0) is 0 Å². The molecule has 0 spiro atoms. The first kappa shape index (κ1) is 8.89. The maximum absolute atomic E-state index is 9.11. The smallest absolute Gasteiger partial charge is 0.111 e. The third-order valence-corrected chi connectivity index (χ3v) is 1.79. The summed E-state index contributed by atoms with van der Waals surface area (Å²) >= 11 is 0. The third-order valence-electron chi connectivity index (χ3n) is 1.79. The Balaban J connectivity index is 2.52. The van der Waals surface area contributed by atoms with Crippen LogP contribution in [0.4, 0.5) is 0 Å². The average Bonchev–Trinajstić information content (AvgIpc) is 2.01. The summed E-state index contributed by atoms with van der Waals surface area (Å²) in [7, 11) is 0. The van der Waals surface area contributed by atoms with Gasteiger partial charge in [-0.25, -0.2) is 0 Å². The number of aliphatic hydroxyl groups is 4. The van der Waals surface area contributed by atoms with Gasteiger partial charge in [0.15, 0.2) is 0 Å². The molecule has 5 nitrogen and oxygen atoms in total. The number of rotatable bonds is 1. The molecule has 0 aliphatic carbocycles. The highest BCUT2D eigenvalue weighted by Crippen LogP contribution is 2.14. The van der Waals surface area contributed by atoms with Gasteiger partial charge < -0.3 is 25.2 Å². The predicted molar refractivity (Wildman–Crippen MR) is 34.8 cm³/mol. The summed E-state index contributed by atoms with van der Waals surface area (Å²) in [5.41, 5.74) is 0. The van der Waals surface area contributed by atoms with E-state index in [0.29, 0.717) is 0 Å². The van der Waals surface area contributed by atoms with Gasteiger partial charge in [0, 0.05) is 0 Å². The molecule has 1 aliphatic rings. The van der Waals surface area contributed by atoms with Crippen molar-refractivity contribution in [3.05, 3.63) is 0 Å². The molecule has 0 amide bonds. The second-order valence-electron chi connectivity index (χ2n) is 2.60. The van der Waals surface area contributed by atoms with Crippen molar-refractivity contribution < 1.29 is 25.2 Å². The lowest BCUT2D eigenvalue weighted by atomic mass is 10.0. The van der Waals surface area contributed by atoms with Crippen LogP contribution in [0.25, 0.3) is 0 Å². The van der Waals surface area contributed by atoms with Crippen LogP contribution < -0.4 is 0 Å². The zero-order valence-electron chi connectivity index (χ0n) is 5.92. The number of ether oxygens (including phenoxy) is 1. The van der Waals surface area contributed by atoms with Crippen LogP contribution in [0.2, 0.25) is 0 Å². The van der Waals surface area contributed by atoms with Gasteiger partial charge in [-0.1, -0.05) is 0 Å². The number of aliphatic hydroxyl groups excluding tert-OH is 4. The van der Waals surface area contributed by atoms with Gasteiger partial charge in [-0.2, -0.15) is 0 Å². The normalized spacial score (nSPS) is 45.8. The largest absolute Gasteiger partial charge is 0.394 e. The third kappa shape index (κ3) is 1.69. The maximum Gasteiger partial charge on any atom is 0.111 e. The van der Waals surface area contributed by atoms with Crippen LogP contribution in [-0.2, 0) is 4.74 Å². The van der Waals surface area contributed by atoms with Gasteiger partial charge in [0.05, 0.1) is 13.2 Å². The summed E-state index contributed by atoms with van der Waals surface area (Å²) in [5, 5.41) is 35.7. The molecule has 0 saturated carbocycles. The maximum atomic E-state index is 9.11. The summed E-state index contributed by atoms with van der Waals surface area (Å²) < 4.78 is 4.81. The van der Waals surface area contributed by atoms with Gasteiger partial charge in [0.1, 0.15) is 24.4 Å². The van der Waals surface area contributed by atoms with Crippen molar-refractivity contribution in [3.8, 4) is 0 Å². The molecule has 5 heteroatoms. The Bertz CT molecular complexity index is 126. The second-order valence-corrected chi connectivity index (χ2v) is 2.60. The fraction of sp³-hybridized carbons (Fsp3) is 1.00. The van der Waals surface area contributed by atoms with Crippen molar-refractivity contribution >= 4 is 0 Å². The summed E-state index contributed by atoms with van der Waals surface area (Å²) in [4.78, 5) is 0. The Hall–Kier alpha value is -0.200. The fourth-order valence-electron chi connectivity index (χ4n) is 1.03. The Kier molecular flexibility index (Phi) is 2.80. The van der Waals surface area contributed by atoms with Gasteiger partial charge in [0.2, 0.25) is 0 Å². The first-order chi connectivity index (χ1) is 5.16. The quantitative estimate of drug-likeness (QED) is 0.343. The fourth-order valence-corrected chi connectivity index (χ4v) is 1.03. The molecule has 0 bridgehead atoms. The van der Waals surface area contributed by atoms with Crippen LogP contribution in [-0.4, -0.2) is 58.1 Å². The van der Waals surface area contributed by atoms with Crippen LogP contribution in [0.1, 0.15) is 0 Å². The van der Waals surface area contributed by atoms with Gasteiger partial charge in [-0.3, -0.25) is 0 Å². The van der Waals surface area contributed by atoms with Crippen molar-refractivity contribution in [3.63, 3.8) is 0 Å². The predicted octanol–water partition coefficient (Wildman–Crippen LogP) is -2.54. The van der Waals surface area contributed by atoms with E-state index in [9.17, 15) is 0 Å². The van der Waals surface area contributed by atoms with Crippen LogP contribution >= 0.6 is 0 Å². The lowest BCUT2D eigenvalue weighted by molar-refractivity contribution is -0.195. The monoisotopic (exact) mass is 164 g/mol. The Morgan fingerprint density at radius 1 is 1.18 bits per heavy atom. The van der Waals surface area contributed by atoms with E-state index in [4.69, 9.17) is 25.2 Å². The zero-order valence-corrected chi connectivity index (χ0v) is 5.92. The molecule has 1 fully saturated rings. The molecule has 1 aliphatic heterocycles. The first-order valence-corrected chi connectivity index (χ1v) is 3.43. The molecule has 0 radical (unpaired) electrons. The van der Waals surface area contributed by atoms with Crippen LogP contribution in [0, 0.1) is 0 Å². The minimum atomic E-state index is -1.22. The molecule has 4 N–H and O–H groups in total. The molecule has 1 saturated heterocycles. The van der Waals surface area contributed by atoms with Crippen molar-refractivity contribution in [1.29, 1.82) is 0 Å². The summed E-state index contributed by atoms with van der Waals surface area (Å²) in [5.74, 6) is 0. The van der Waals surface area contributed by atoms with Crippen molar-refractivity contribution in [1.82, 2.24) is 0 Å². The molecule has 0 aromatic rings. The Morgan fingerprint density at radius 3 is 2.36 bits per heavy atom. The number of hydrogen-bond acceptors (Lipinski definition) is 5. The van der Waals surface area contributed by atoms with E-state index in [-0.39, 0.29) is 13.2 Å². The van der Waals surface area contributed by atoms with E-state index >= 15 is 0 Å². The lowest BCUT2D eigenvalue weighted by Crippen LogP contribution is -2.53. The average molecular weight is 164 g/mol. The van der Waals surface area contributed by atoms with Crippen LogP contribution in [0.3, 0.4) is 0 Å². The molecular weight excluding hydrogens is 152 g/mol. The van der Waals surface area contributed by atoms with E-state index in [1.165, 1.54) is 0 Å². The molecule has 0 aromatic heterocycles. The SMILES string of the molecule is OC[C@@H]1OC[C@@H](O)[C@H](O)C1O. The standard InChI is InChI=1S/C6H12O5/c7-1-4-6(10)5(9)3(8)2-11-4/h3-10H,1-2H2/t3-,4+,5+,6?/m1/s1. The van der Waals surface area contributed by atoms with E-state index < -0.39 is 24.4 Å². The molecular formula is C6H12O5. The van der Waals surface area contributed by atoms with Gasteiger partial charge >= 0.3 is 0 Å². The minimum Gasteiger partial charge on any atom is -0.394 e. The van der Waals surface area contributed by atoms with Crippen LogP contribution in [0.5, 0.6) is 0 Å². The zero-order chi connectivity index (χ0) is 8.43. The van der Waals surface area contributed by atoms with Crippen molar-refractivity contribution in [2.45, 2.75) is 24.4 Å². The topological polar surface area (TPSA) is 90.2 Å². The molecule has 1 heterocycles. The van der Waals surface area contributed by atoms with Gasteiger partial charge in [0.25, 0.3) is 0 Å². The number of hydrogen-bond donors (Lipinski definition) is 4. The first-order valence-electron chi connectivity index (χ1n) is 3.43. The second kappa shape index (κ2) is 3.46. The molecule has 11 heavy (non-hydrogen) atoms.